The van der Waals surface area contributed by atoms with E-state index in [1.54, 1.807) is 37.2 Å². The average molecular weight is 941 g/mol. The molecule has 7 heterocycles. The lowest BCUT2D eigenvalue weighted by molar-refractivity contribution is -0.154. The molecule has 18 heteroatoms. The van der Waals surface area contributed by atoms with Gasteiger partial charge < -0.3 is 44.1 Å². The molecular formula is C49H68N10O7S. The third kappa shape index (κ3) is 10.5. The van der Waals surface area contributed by atoms with Crippen molar-refractivity contribution in [1.29, 1.82) is 0 Å². The number of benzene rings is 1. The molecule has 6 atom stereocenters. The van der Waals surface area contributed by atoms with E-state index in [2.05, 4.69) is 71.0 Å². The number of urea groups is 1. The van der Waals surface area contributed by atoms with Crippen molar-refractivity contribution in [2.75, 3.05) is 67.3 Å². The molecule has 0 spiro atoms. The van der Waals surface area contributed by atoms with E-state index in [1.807, 2.05) is 31.8 Å². The van der Waals surface area contributed by atoms with Gasteiger partial charge in [-0.1, -0.05) is 33.8 Å². The summed E-state index contributed by atoms with van der Waals surface area (Å²) in [6, 6.07) is 8.34. The summed E-state index contributed by atoms with van der Waals surface area (Å²) in [6.07, 6.45) is 3.98. The first-order valence-electron chi connectivity index (χ1n) is 23.7. The van der Waals surface area contributed by atoms with E-state index in [9.17, 15) is 19.2 Å². The van der Waals surface area contributed by atoms with Crippen LogP contribution >= 0.6 is 11.3 Å². The number of likely N-dealkylation sites (N-methyl/N-ethyl adjacent to an activating group) is 2. The van der Waals surface area contributed by atoms with Gasteiger partial charge >= 0.3 is 12.0 Å². The van der Waals surface area contributed by atoms with Crippen molar-refractivity contribution in [3.8, 4) is 22.5 Å². The van der Waals surface area contributed by atoms with Gasteiger partial charge in [-0.2, -0.15) is 0 Å². The fraction of sp³-hybridized carbons (Fsp3) is 0.592. The first-order valence-corrected chi connectivity index (χ1v) is 24.6. The average Bonchev–Trinajstić information content (AvgIpc) is 3.97. The summed E-state index contributed by atoms with van der Waals surface area (Å²) in [5.74, 6) is -0.757. The zero-order valence-electron chi connectivity index (χ0n) is 40.5. The fourth-order valence-electron chi connectivity index (χ4n) is 9.73. The molecule has 4 aliphatic heterocycles. The van der Waals surface area contributed by atoms with Gasteiger partial charge in [-0.15, -0.1) is 11.3 Å². The molecule has 4 amide bonds. The number of esters is 1. The third-order valence-corrected chi connectivity index (χ3v) is 14.5. The number of nitrogens with zero attached hydrogens (tertiary/aromatic N) is 7. The van der Waals surface area contributed by atoms with Crippen LogP contribution in [0.1, 0.15) is 76.8 Å². The lowest BCUT2D eigenvalue weighted by Gasteiger charge is -2.46. The maximum absolute atomic E-state index is 14.4. The molecule has 1 unspecified atom stereocenters. The van der Waals surface area contributed by atoms with Crippen LogP contribution in [0.4, 0.5) is 4.79 Å². The van der Waals surface area contributed by atoms with E-state index in [0.717, 1.165) is 56.1 Å². The Labute approximate surface area is 397 Å². The third-order valence-electron chi connectivity index (χ3n) is 13.7. The van der Waals surface area contributed by atoms with Crippen molar-refractivity contribution in [2.24, 2.45) is 11.3 Å². The number of pyridine rings is 1. The number of nitrogens with one attached hydrogen (secondary N) is 3. The van der Waals surface area contributed by atoms with Crippen molar-refractivity contribution in [3.63, 3.8) is 0 Å². The predicted molar refractivity (Wildman–Crippen MR) is 257 cm³/mol. The number of thiazole rings is 1. The number of ether oxygens (including phenoxy) is 3. The number of carbonyl (C=O) groups is 4. The van der Waals surface area contributed by atoms with Gasteiger partial charge in [-0.3, -0.25) is 19.4 Å². The zero-order valence-corrected chi connectivity index (χ0v) is 41.3. The van der Waals surface area contributed by atoms with Gasteiger partial charge in [-0.05, 0) is 68.9 Å². The number of cyclic esters (lactones) is 1. The maximum atomic E-state index is 14.4. The lowest BCUT2D eigenvalue weighted by atomic mass is 9.84. The second-order valence-electron chi connectivity index (χ2n) is 19.7. The molecule has 4 aromatic rings. The van der Waals surface area contributed by atoms with E-state index in [1.165, 1.54) is 16.2 Å². The summed E-state index contributed by atoms with van der Waals surface area (Å²) in [4.78, 5) is 69.4. The minimum Gasteiger partial charge on any atom is -0.464 e. The minimum atomic E-state index is -0.767. The van der Waals surface area contributed by atoms with Crippen LogP contribution in [0.15, 0.2) is 41.9 Å². The van der Waals surface area contributed by atoms with E-state index in [0.29, 0.717) is 52.0 Å². The monoisotopic (exact) mass is 940 g/mol. The molecule has 3 saturated heterocycles. The van der Waals surface area contributed by atoms with E-state index < -0.39 is 23.5 Å². The minimum absolute atomic E-state index is 0.0390. The highest BCUT2D eigenvalue weighted by Gasteiger charge is 2.43. The number of hydrazine groups is 1. The molecule has 3 fully saturated rings. The Morgan fingerprint density at radius 3 is 2.63 bits per heavy atom. The van der Waals surface area contributed by atoms with Crippen LogP contribution in [0.2, 0.25) is 0 Å². The number of likely N-dealkylation sites (tertiary alicyclic amines) is 1. The van der Waals surface area contributed by atoms with Gasteiger partial charge in [0, 0.05) is 99.4 Å². The Balaban J connectivity index is 1.10. The van der Waals surface area contributed by atoms with Crippen LogP contribution in [0, 0.1) is 11.3 Å². The quantitative estimate of drug-likeness (QED) is 0.146. The summed E-state index contributed by atoms with van der Waals surface area (Å²) in [6.45, 7) is 15.8. The molecule has 362 valence electrons. The standard InChI is InChI=1S/C49H68N10O7S/c1-10-59-40-16-15-31-19-35(40)36(44(59)34-13-11-17-50-42(34)30(4)64-9)21-49(5,6)27-66-47(62)37-14-12-18-58(54-37)28-65-25-32(20-41-53-39(31)26-67-41)52-45(60)43(29(2)3)56(8)48(63)57-23-33(24-57)55(7)46(61)38-22-51-38/h11,13,15-17,19,26,29-30,32-33,37-38,43,51,54H,10,12,14,18,20-25,27-28H2,1-9H3,(H,52,60)/t30-,32-,37-,38-,43-/m0/s1. The van der Waals surface area contributed by atoms with Crippen LogP contribution in [-0.4, -0.2) is 156 Å². The highest BCUT2D eigenvalue weighted by molar-refractivity contribution is 7.10. The maximum Gasteiger partial charge on any atom is 0.324 e. The van der Waals surface area contributed by atoms with Crippen molar-refractivity contribution in [2.45, 2.75) is 110 Å². The summed E-state index contributed by atoms with van der Waals surface area (Å²) in [5, 5.41) is 12.2. The van der Waals surface area contributed by atoms with Crippen LogP contribution in [-0.2, 0) is 48.0 Å². The second kappa shape index (κ2) is 20.3. The number of methoxy groups -OCH3 is 1. The molecule has 3 aromatic heterocycles. The Hall–Kier alpha value is -4.98. The number of aromatic nitrogens is 3. The summed E-state index contributed by atoms with van der Waals surface area (Å²) in [5.41, 5.74) is 9.82. The predicted octanol–water partition coefficient (Wildman–Crippen LogP) is 4.84. The van der Waals surface area contributed by atoms with Crippen molar-refractivity contribution in [3.05, 3.63) is 58.2 Å². The van der Waals surface area contributed by atoms with Crippen LogP contribution in [0.3, 0.4) is 0 Å². The normalized spacial score (nSPS) is 23.3. The van der Waals surface area contributed by atoms with E-state index >= 15 is 0 Å². The fourth-order valence-corrected chi connectivity index (χ4v) is 10.6. The second-order valence-corrected chi connectivity index (χ2v) is 20.7. The Morgan fingerprint density at radius 2 is 1.91 bits per heavy atom. The van der Waals surface area contributed by atoms with Crippen molar-refractivity contribution in [1.82, 2.24) is 50.3 Å². The molecule has 0 aliphatic carbocycles. The summed E-state index contributed by atoms with van der Waals surface area (Å²) in [7, 11) is 5.15. The van der Waals surface area contributed by atoms with Crippen LogP contribution < -0.4 is 16.1 Å². The number of rotatable bonds is 10. The molecule has 4 aliphatic rings. The molecule has 3 N–H and O–H groups in total. The molecule has 0 radical (unpaired) electrons. The van der Waals surface area contributed by atoms with Crippen LogP contribution in [0.5, 0.6) is 0 Å². The molecule has 0 saturated carbocycles. The highest BCUT2D eigenvalue weighted by atomic mass is 32.1. The van der Waals surface area contributed by atoms with Gasteiger partial charge in [0.2, 0.25) is 11.8 Å². The van der Waals surface area contributed by atoms with E-state index in [4.69, 9.17) is 24.2 Å². The smallest absolute Gasteiger partial charge is 0.324 e. The topological polar surface area (TPSA) is 186 Å². The Morgan fingerprint density at radius 1 is 1.13 bits per heavy atom. The largest absolute Gasteiger partial charge is 0.464 e. The number of carbonyl (C=O) groups excluding carboxylic acids is 4. The SMILES string of the molecule is CCn1c(-c2cccnc2[C@H](C)OC)c2c3cc(ccc31)-c1csc(n1)C[C@H](NC(=O)[C@H](C(C)C)N(C)C(=O)N1CC(N(C)C(=O)[C@@H]3CN3)C1)COCN1CCC[C@H](N1)C(=O)OCC(C)(C)C2. The molecule has 17 nitrogen and oxygen atoms in total. The number of fused-ring (bicyclic) bond motifs is 6. The van der Waals surface area contributed by atoms with Gasteiger partial charge in [0.1, 0.15) is 18.8 Å². The lowest BCUT2D eigenvalue weighted by Crippen LogP contribution is -2.65. The van der Waals surface area contributed by atoms with Gasteiger partial charge in [-0.25, -0.2) is 20.2 Å². The van der Waals surface area contributed by atoms with Gasteiger partial charge in [0.25, 0.3) is 0 Å². The molecule has 6 bridgehead atoms. The molecule has 67 heavy (non-hydrogen) atoms. The van der Waals surface area contributed by atoms with Crippen molar-refractivity contribution >= 4 is 46.1 Å². The van der Waals surface area contributed by atoms with E-state index in [-0.39, 0.29) is 67.9 Å². The molecular weight excluding hydrogens is 873 g/mol. The number of hydrogen-bond acceptors (Lipinski definition) is 13. The number of hydrogen-bond donors (Lipinski definition) is 3. The Kier molecular flexibility index (Phi) is 14.7. The molecule has 1 aromatic carbocycles. The first kappa shape index (κ1) is 48.5. The van der Waals surface area contributed by atoms with Crippen molar-refractivity contribution < 1.29 is 33.4 Å². The highest BCUT2D eigenvalue weighted by Crippen LogP contribution is 2.42. The Bertz CT molecular complexity index is 2440. The number of aryl methyl sites for hydroxylation is 1. The number of amides is 4. The summed E-state index contributed by atoms with van der Waals surface area (Å²) >= 11 is 1.54. The van der Waals surface area contributed by atoms with Crippen LogP contribution in [0.25, 0.3) is 33.4 Å². The van der Waals surface area contributed by atoms with Gasteiger partial charge in [0.05, 0.1) is 59.5 Å². The zero-order chi connectivity index (χ0) is 47.7. The first-order chi connectivity index (χ1) is 32.1. The summed E-state index contributed by atoms with van der Waals surface area (Å²) < 4.78 is 20.6. The van der Waals surface area contributed by atoms with Gasteiger partial charge in [0.15, 0.2) is 0 Å². The molecule has 8 rings (SSSR count).